The number of nitro benzene ring substituents is 1. The number of aliphatic imine (C=N–C) groups is 1. The van der Waals surface area contributed by atoms with Crippen LogP contribution < -0.4 is 0 Å². The molecule has 6 nitrogen and oxygen atoms in total. The molecule has 0 aliphatic heterocycles. The second-order valence-electron chi connectivity index (χ2n) is 6.05. The summed E-state index contributed by atoms with van der Waals surface area (Å²) in [5, 5.41) is 10.7. The van der Waals surface area contributed by atoms with Gasteiger partial charge < -0.3 is 4.74 Å². The van der Waals surface area contributed by atoms with Crippen LogP contribution in [-0.4, -0.2) is 23.1 Å². The van der Waals surface area contributed by atoms with Crippen LogP contribution in [0.3, 0.4) is 0 Å². The zero-order valence-electron chi connectivity index (χ0n) is 14.9. The third-order valence-electron chi connectivity index (χ3n) is 4.14. The molecule has 136 valence electrons. The summed E-state index contributed by atoms with van der Waals surface area (Å²) in [5.74, 6) is -0.353. The van der Waals surface area contributed by atoms with Gasteiger partial charge in [-0.05, 0) is 29.2 Å². The van der Waals surface area contributed by atoms with Crippen molar-refractivity contribution in [1.82, 2.24) is 0 Å². The lowest BCUT2D eigenvalue weighted by Gasteiger charge is -2.17. The van der Waals surface area contributed by atoms with Crippen molar-refractivity contribution in [3.8, 4) is 0 Å². The average Bonchev–Trinajstić information content (AvgIpc) is 2.67. The van der Waals surface area contributed by atoms with E-state index in [1.807, 2.05) is 44.2 Å². The van der Waals surface area contributed by atoms with Crippen LogP contribution in [0.1, 0.15) is 31.4 Å². The Morgan fingerprint density at radius 1 is 1.19 bits per heavy atom. The molecular weight excluding hydrogens is 332 g/mol. The van der Waals surface area contributed by atoms with Crippen LogP contribution in [-0.2, 0) is 16.1 Å². The summed E-state index contributed by atoms with van der Waals surface area (Å²) in [6.45, 7) is 4.14. The minimum atomic E-state index is -0.612. The third-order valence-corrected chi connectivity index (χ3v) is 4.14. The lowest BCUT2D eigenvalue weighted by Crippen LogP contribution is -2.28. The highest BCUT2D eigenvalue weighted by molar-refractivity contribution is 5.84. The maximum absolute atomic E-state index is 12.5. The third kappa shape index (κ3) is 5.51. The van der Waals surface area contributed by atoms with Gasteiger partial charge in [0.1, 0.15) is 12.6 Å². The molecule has 26 heavy (non-hydrogen) atoms. The van der Waals surface area contributed by atoms with Gasteiger partial charge in [-0.3, -0.25) is 15.1 Å². The Labute approximate surface area is 152 Å². The fourth-order valence-electron chi connectivity index (χ4n) is 2.33. The molecule has 0 amide bonds. The second-order valence-corrected chi connectivity index (χ2v) is 6.05. The molecule has 6 heteroatoms. The molecule has 0 heterocycles. The number of carbonyl (C=O) groups excluding carboxylic acids is 1. The first-order chi connectivity index (χ1) is 12.5. The van der Waals surface area contributed by atoms with E-state index in [1.54, 1.807) is 18.3 Å². The number of nitro groups is 1. The SMILES string of the molecule is CC[C@H](C)[C@H](N=Cc1ccc([N+](=O)[O-])cc1)C(=O)OCc1ccccc1. The van der Waals surface area contributed by atoms with E-state index < -0.39 is 11.0 Å². The van der Waals surface area contributed by atoms with Gasteiger partial charge in [-0.15, -0.1) is 0 Å². The Kier molecular flexibility index (Phi) is 7.02. The monoisotopic (exact) mass is 354 g/mol. The molecule has 0 spiro atoms. The van der Waals surface area contributed by atoms with Crippen molar-refractivity contribution in [3.63, 3.8) is 0 Å². The lowest BCUT2D eigenvalue weighted by molar-refractivity contribution is -0.384. The first kappa shape index (κ1) is 19.3. The molecule has 2 aromatic carbocycles. The number of carbonyl (C=O) groups is 1. The van der Waals surface area contributed by atoms with E-state index in [1.165, 1.54) is 12.1 Å². The highest BCUT2D eigenvalue weighted by Gasteiger charge is 2.24. The number of nitrogens with zero attached hydrogens (tertiary/aromatic N) is 2. The average molecular weight is 354 g/mol. The first-order valence-electron chi connectivity index (χ1n) is 8.49. The van der Waals surface area contributed by atoms with E-state index in [2.05, 4.69) is 4.99 Å². The molecule has 0 bridgehead atoms. The van der Waals surface area contributed by atoms with Gasteiger partial charge in [0.2, 0.25) is 0 Å². The predicted molar refractivity (Wildman–Crippen MR) is 100 cm³/mol. The van der Waals surface area contributed by atoms with Crippen LogP contribution in [0.5, 0.6) is 0 Å². The fourth-order valence-corrected chi connectivity index (χ4v) is 2.33. The number of esters is 1. The van der Waals surface area contributed by atoms with E-state index in [-0.39, 0.29) is 24.2 Å². The summed E-state index contributed by atoms with van der Waals surface area (Å²) >= 11 is 0. The largest absolute Gasteiger partial charge is 0.459 e. The molecule has 0 unspecified atom stereocenters. The van der Waals surface area contributed by atoms with Gasteiger partial charge in [0, 0.05) is 18.3 Å². The molecule has 0 aromatic heterocycles. The van der Waals surface area contributed by atoms with E-state index >= 15 is 0 Å². The Hall–Kier alpha value is -3.02. The fraction of sp³-hybridized carbons (Fsp3) is 0.300. The van der Waals surface area contributed by atoms with Crippen LogP contribution in [0.25, 0.3) is 0 Å². The molecule has 0 radical (unpaired) electrons. The lowest BCUT2D eigenvalue weighted by atomic mass is 10.00. The summed E-state index contributed by atoms with van der Waals surface area (Å²) in [4.78, 5) is 27.1. The first-order valence-corrected chi connectivity index (χ1v) is 8.49. The summed E-state index contributed by atoms with van der Waals surface area (Å²) in [7, 11) is 0. The summed E-state index contributed by atoms with van der Waals surface area (Å²) in [6, 6.07) is 14.9. The van der Waals surface area contributed by atoms with E-state index in [0.29, 0.717) is 5.56 Å². The number of benzene rings is 2. The van der Waals surface area contributed by atoms with Crippen LogP contribution in [0.15, 0.2) is 59.6 Å². The van der Waals surface area contributed by atoms with Crippen molar-refractivity contribution in [2.24, 2.45) is 10.9 Å². The number of hydrogen-bond acceptors (Lipinski definition) is 5. The van der Waals surface area contributed by atoms with Gasteiger partial charge in [-0.25, -0.2) is 4.79 Å². The molecule has 0 N–H and O–H groups in total. The summed E-state index contributed by atoms with van der Waals surface area (Å²) < 4.78 is 5.41. The van der Waals surface area contributed by atoms with E-state index in [4.69, 9.17) is 4.74 Å². The smallest absolute Gasteiger partial charge is 0.331 e. The van der Waals surface area contributed by atoms with Crippen LogP contribution in [0.4, 0.5) is 5.69 Å². The Bertz CT molecular complexity index is 757. The van der Waals surface area contributed by atoms with Gasteiger partial charge in [0.25, 0.3) is 5.69 Å². The molecule has 0 saturated heterocycles. The molecular formula is C20H22N2O4. The molecule has 2 rings (SSSR count). The van der Waals surface area contributed by atoms with Gasteiger partial charge in [-0.2, -0.15) is 0 Å². The number of rotatable bonds is 8. The number of ether oxygens (including phenoxy) is 1. The topological polar surface area (TPSA) is 81.8 Å². The van der Waals surface area contributed by atoms with Crippen molar-refractivity contribution >= 4 is 17.9 Å². The van der Waals surface area contributed by atoms with Crippen molar-refractivity contribution < 1.29 is 14.5 Å². The van der Waals surface area contributed by atoms with Crippen LogP contribution >= 0.6 is 0 Å². The zero-order valence-corrected chi connectivity index (χ0v) is 14.9. The van der Waals surface area contributed by atoms with E-state index in [9.17, 15) is 14.9 Å². The van der Waals surface area contributed by atoms with Crippen molar-refractivity contribution in [2.45, 2.75) is 32.9 Å². The minimum absolute atomic E-state index is 0.0166. The minimum Gasteiger partial charge on any atom is -0.459 e. The van der Waals surface area contributed by atoms with Gasteiger partial charge in [0.15, 0.2) is 0 Å². The van der Waals surface area contributed by atoms with Gasteiger partial charge in [0.05, 0.1) is 4.92 Å². The number of non-ortho nitro benzene ring substituents is 1. The normalized spacial score (nSPS) is 13.3. The van der Waals surface area contributed by atoms with Gasteiger partial charge in [-0.1, -0.05) is 50.6 Å². The highest BCUT2D eigenvalue weighted by Crippen LogP contribution is 2.16. The molecule has 2 atom stereocenters. The molecule has 0 aliphatic rings. The van der Waals surface area contributed by atoms with Crippen molar-refractivity contribution in [1.29, 1.82) is 0 Å². The standard InChI is InChI=1S/C20H22N2O4/c1-3-15(2)19(20(23)26-14-17-7-5-4-6-8-17)21-13-16-9-11-18(12-10-16)22(24)25/h4-13,15,19H,3,14H2,1-2H3/t15-,19-/m0/s1. The van der Waals surface area contributed by atoms with Crippen LogP contribution in [0.2, 0.25) is 0 Å². The van der Waals surface area contributed by atoms with Crippen molar-refractivity contribution in [2.75, 3.05) is 0 Å². The zero-order chi connectivity index (χ0) is 18.9. The van der Waals surface area contributed by atoms with Crippen molar-refractivity contribution in [3.05, 3.63) is 75.8 Å². The Morgan fingerprint density at radius 3 is 2.42 bits per heavy atom. The quantitative estimate of drug-likeness (QED) is 0.308. The van der Waals surface area contributed by atoms with Gasteiger partial charge >= 0.3 is 5.97 Å². The Morgan fingerprint density at radius 2 is 1.85 bits per heavy atom. The second kappa shape index (κ2) is 9.46. The predicted octanol–water partition coefficient (Wildman–Crippen LogP) is 4.17. The summed E-state index contributed by atoms with van der Waals surface area (Å²) in [6.07, 6.45) is 2.34. The highest BCUT2D eigenvalue weighted by atomic mass is 16.6. The van der Waals surface area contributed by atoms with Crippen LogP contribution in [0, 0.1) is 16.0 Å². The molecule has 2 aromatic rings. The van der Waals surface area contributed by atoms with E-state index in [0.717, 1.165) is 12.0 Å². The maximum Gasteiger partial charge on any atom is 0.331 e. The maximum atomic E-state index is 12.5. The Balaban J connectivity index is 2.06. The number of hydrogen-bond donors (Lipinski definition) is 0. The molecule has 0 fully saturated rings. The molecule has 0 saturated carbocycles. The summed E-state index contributed by atoms with van der Waals surface area (Å²) in [5.41, 5.74) is 1.63. The molecule has 0 aliphatic carbocycles.